The van der Waals surface area contributed by atoms with Gasteiger partial charge in [0.05, 0.1) is 11.8 Å². The fourth-order valence-corrected chi connectivity index (χ4v) is 7.18. The van der Waals surface area contributed by atoms with E-state index in [1.54, 1.807) is 13.8 Å². The first-order valence-electron chi connectivity index (χ1n) is 10.4. The first-order chi connectivity index (χ1) is 14.1. The van der Waals surface area contributed by atoms with Gasteiger partial charge in [-0.2, -0.15) is 18.3 Å². The zero-order chi connectivity index (χ0) is 21.3. The highest BCUT2D eigenvalue weighted by Gasteiger charge is 2.53. The number of rotatable bonds is 4. The molecule has 0 radical (unpaired) electrons. The quantitative estimate of drug-likeness (QED) is 0.723. The number of amides is 1. The number of carbonyl (C=O) groups excluding carboxylic acids is 1. The maximum atomic E-state index is 13.6. The van der Waals surface area contributed by atoms with Crippen LogP contribution in [-0.4, -0.2) is 25.9 Å². The van der Waals surface area contributed by atoms with Crippen LogP contribution in [0.25, 0.3) is 0 Å². The molecule has 6 nitrogen and oxygen atoms in total. The minimum absolute atomic E-state index is 0.0368. The molecule has 1 amide bonds. The average molecular weight is 440 g/mol. The summed E-state index contributed by atoms with van der Waals surface area (Å²) in [6, 6.07) is -0.521. The van der Waals surface area contributed by atoms with Gasteiger partial charge >= 0.3 is 6.18 Å². The Morgan fingerprint density at radius 2 is 1.77 bits per heavy atom. The Morgan fingerprint density at radius 3 is 2.30 bits per heavy atom. The minimum Gasteiger partial charge on any atom is -0.296 e. The largest absolute Gasteiger partial charge is 0.433 e. The van der Waals surface area contributed by atoms with E-state index in [4.69, 9.17) is 0 Å². The summed E-state index contributed by atoms with van der Waals surface area (Å²) in [5.41, 5.74) is -1.50. The second-order valence-electron chi connectivity index (χ2n) is 9.51. The molecule has 0 unspecified atom stereocenters. The molecule has 0 spiro atoms. The summed E-state index contributed by atoms with van der Waals surface area (Å²) in [4.78, 5) is 12.6. The molecule has 4 bridgehead atoms. The Labute approximate surface area is 176 Å². The van der Waals surface area contributed by atoms with Crippen molar-refractivity contribution in [3.63, 3.8) is 0 Å². The summed E-state index contributed by atoms with van der Waals surface area (Å²) in [6.07, 6.45) is 3.55. The van der Waals surface area contributed by atoms with Crippen molar-refractivity contribution in [2.24, 2.45) is 17.8 Å². The summed E-state index contributed by atoms with van der Waals surface area (Å²) in [5.74, 6) is 1.38. The number of halogens is 3. The number of hydrogen-bond donors (Lipinski definition) is 1. The normalized spacial score (nSPS) is 30.3. The number of hydrogen-bond acceptors (Lipinski definition) is 5. The van der Waals surface area contributed by atoms with Crippen LogP contribution in [0.4, 0.5) is 18.3 Å². The molecule has 30 heavy (non-hydrogen) atoms. The Hall–Kier alpha value is -1.97. The fraction of sp³-hybridized carbons (Fsp3) is 0.700. The van der Waals surface area contributed by atoms with Gasteiger partial charge in [0.25, 0.3) is 5.91 Å². The van der Waals surface area contributed by atoms with Crippen LogP contribution in [-0.2, 0) is 11.6 Å². The number of anilines is 1. The van der Waals surface area contributed by atoms with E-state index in [1.807, 2.05) is 0 Å². The number of aromatic nitrogens is 4. The van der Waals surface area contributed by atoms with Gasteiger partial charge in [-0.15, -0.1) is 10.2 Å². The van der Waals surface area contributed by atoms with E-state index in [2.05, 4.69) is 20.6 Å². The van der Waals surface area contributed by atoms with Crippen LogP contribution in [0.15, 0.2) is 6.20 Å². The summed E-state index contributed by atoms with van der Waals surface area (Å²) in [6.45, 7) is 3.18. The highest BCUT2D eigenvalue weighted by Crippen LogP contribution is 2.61. The molecular formula is C20H24F3N5OS. The van der Waals surface area contributed by atoms with Crippen LogP contribution in [0.2, 0.25) is 0 Å². The molecule has 1 N–H and O–H groups in total. The first kappa shape index (κ1) is 20.0. The Kier molecular flexibility index (Phi) is 4.50. The molecule has 4 aliphatic carbocycles. The van der Waals surface area contributed by atoms with Gasteiger partial charge in [0.15, 0.2) is 5.69 Å². The number of nitrogens with one attached hydrogen (secondary N) is 1. The van der Waals surface area contributed by atoms with Crippen LogP contribution < -0.4 is 5.32 Å². The van der Waals surface area contributed by atoms with Crippen molar-refractivity contribution < 1.29 is 18.0 Å². The van der Waals surface area contributed by atoms with Crippen LogP contribution in [0.5, 0.6) is 0 Å². The van der Waals surface area contributed by atoms with Gasteiger partial charge in [0.2, 0.25) is 5.13 Å². The van der Waals surface area contributed by atoms with Gasteiger partial charge < -0.3 is 0 Å². The third-order valence-electron chi connectivity index (χ3n) is 6.94. The van der Waals surface area contributed by atoms with Crippen molar-refractivity contribution in [3.8, 4) is 0 Å². The summed E-state index contributed by atoms with van der Waals surface area (Å²) in [5, 5.41) is 15.9. The molecule has 0 atom stereocenters. The van der Waals surface area contributed by atoms with Gasteiger partial charge in [0, 0.05) is 11.5 Å². The lowest BCUT2D eigenvalue weighted by Gasteiger charge is -2.55. The van der Waals surface area contributed by atoms with E-state index >= 15 is 0 Å². The lowest BCUT2D eigenvalue weighted by molar-refractivity contribution is -0.145. The van der Waals surface area contributed by atoms with E-state index in [0.29, 0.717) is 0 Å². The van der Waals surface area contributed by atoms with Crippen LogP contribution in [0.1, 0.15) is 79.5 Å². The molecule has 4 aliphatic rings. The molecular weight excluding hydrogens is 415 g/mol. The van der Waals surface area contributed by atoms with Crippen molar-refractivity contribution in [2.75, 3.05) is 5.32 Å². The molecule has 2 aromatic rings. The molecule has 6 rings (SSSR count). The minimum atomic E-state index is -4.68. The predicted octanol–water partition coefficient (Wildman–Crippen LogP) is 5.05. The smallest absolute Gasteiger partial charge is 0.296 e. The van der Waals surface area contributed by atoms with Crippen molar-refractivity contribution in [2.45, 2.75) is 70.0 Å². The molecule has 2 heterocycles. The topological polar surface area (TPSA) is 72.7 Å². The zero-order valence-electron chi connectivity index (χ0n) is 16.9. The SMILES string of the molecule is CC(C)n1ncc(C(=O)Nc2nnc(C34CC5CC(CC(C5)C3)C4)s2)c1C(F)(F)F. The Morgan fingerprint density at radius 1 is 1.17 bits per heavy atom. The standard InChI is InChI=1S/C20H24F3N5OS/c1-10(2)28-15(20(21,22)23)14(9-24-28)16(29)25-18-27-26-17(30-18)19-6-11-3-12(7-19)5-13(4-11)8-19/h9-13H,3-8H2,1-2H3,(H,25,27,29). The molecule has 0 saturated heterocycles. The molecule has 162 valence electrons. The number of carbonyl (C=O) groups is 1. The van der Waals surface area contributed by atoms with E-state index < -0.39 is 29.4 Å². The third-order valence-corrected chi connectivity index (χ3v) is 8.02. The van der Waals surface area contributed by atoms with Gasteiger partial charge in [-0.25, -0.2) is 0 Å². The highest BCUT2D eigenvalue weighted by atomic mass is 32.1. The maximum absolute atomic E-state index is 13.6. The Balaban J connectivity index is 1.38. The van der Waals surface area contributed by atoms with E-state index in [0.717, 1.165) is 52.9 Å². The van der Waals surface area contributed by atoms with Crippen LogP contribution >= 0.6 is 11.3 Å². The molecule has 4 fully saturated rings. The van der Waals surface area contributed by atoms with E-state index in [-0.39, 0.29) is 10.5 Å². The van der Waals surface area contributed by atoms with Gasteiger partial charge in [-0.1, -0.05) is 11.3 Å². The molecule has 0 aromatic carbocycles. The lowest BCUT2D eigenvalue weighted by atomic mass is 9.50. The first-order valence-corrected chi connectivity index (χ1v) is 11.3. The molecule has 0 aliphatic heterocycles. The number of nitrogens with zero attached hydrogens (tertiary/aromatic N) is 4. The van der Waals surface area contributed by atoms with E-state index in [1.165, 1.54) is 30.6 Å². The Bertz CT molecular complexity index is 944. The average Bonchev–Trinajstić information content (AvgIpc) is 3.27. The van der Waals surface area contributed by atoms with Gasteiger partial charge in [-0.3, -0.25) is 14.8 Å². The molecule has 10 heteroatoms. The summed E-state index contributed by atoms with van der Waals surface area (Å²) in [7, 11) is 0. The number of alkyl halides is 3. The third kappa shape index (κ3) is 3.23. The highest BCUT2D eigenvalue weighted by molar-refractivity contribution is 7.15. The summed E-state index contributed by atoms with van der Waals surface area (Å²) >= 11 is 1.31. The second kappa shape index (κ2) is 6.77. The van der Waals surface area contributed by atoms with Crippen LogP contribution in [0.3, 0.4) is 0 Å². The lowest BCUT2D eigenvalue weighted by Crippen LogP contribution is -2.48. The fourth-order valence-electron chi connectivity index (χ4n) is 6.23. The zero-order valence-corrected chi connectivity index (χ0v) is 17.7. The maximum Gasteiger partial charge on any atom is 0.433 e. The van der Waals surface area contributed by atoms with Gasteiger partial charge in [0.1, 0.15) is 5.01 Å². The molecule has 4 saturated carbocycles. The van der Waals surface area contributed by atoms with E-state index in [9.17, 15) is 18.0 Å². The van der Waals surface area contributed by atoms with Crippen LogP contribution in [0, 0.1) is 17.8 Å². The van der Waals surface area contributed by atoms with Crippen molar-refractivity contribution >= 4 is 22.4 Å². The van der Waals surface area contributed by atoms with Gasteiger partial charge in [-0.05, 0) is 70.1 Å². The van der Waals surface area contributed by atoms with Crippen molar-refractivity contribution in [1.29, 1.82) is 0 Å². The van der Waals surface area contributed by atoms with Crippen molar-refractivity contribution in [3.05, 3.63) is 22.5 Å². The second-order valence-corrected chi connectivity index (χ2v) is 10.5. The predicted molar refractivity (Wildman–Crippen MR) is 105 cm³/mol. The monoisotopic (exact) mass is 439 g/mol. The molecule has 2 aromatic heterocycles. The van der Waals surface area contributed by atoms with Crippen molar-refractivity contribution in [1.82, 2.24) is 20.0 Å². The summed E-state index contributed by atoms with van der Waals surface area (Å²) < 4.78 is 41.5.